The Morgan fingerprint density at radius 2 is 1.56 bits per heavy atom. The molecule has 0 bridgehead atoms. The molecule has 4 aromatic rings. The number of pyridine rings is 2. The first-order valence-electron chi connectivity index (χ1n) is 10.7. The number of benzene rings is 2. The summed E-state index contributed by atoms with van der Waals surface area (Å²) < 4.78 is 0. The van der Waals surface area contributed by atoms with Crippen LogP contribution >= 0.6 is 34.8 Å². The number of nitrogens with zero attached hydrogens (tertiary/aromatic N) is 2. The second kappa shape index (κ2) is 11.4. The number of carbonyl (C=O) groups excluding carboxylic acids is 1. The fraction of sp³-hybridized carbons (Fsp3) is 0.0769. The number of carbonyl (C=O) groups is 2. The van der Waals surface area contributed by atoms with E-state index in [4.69, 9.17) is 34.8 Å². The maximum atomic E-state index is 12.6. The highest BCUT2D eigenvalue weighted by atomic mass is 35.5. The molecule has 36 heavy (non-hydrogen) atoms. The average molecular weight is 542 g/mol. The summed E-state index contributed by atoms with van der Waals surface area (Å²) in [6.07, 6.45) is 2.83. The smallest absolute Gasteiger partial charge is 0.326 e. The van der Waals surface area contributed by atoms with E-state index >= 15 is 0 Å². The highest BCUT2D eigenvalue weighted by molar-refractivity contribution is 6.40. The molecule has 0 aliphatic carbocycles. The van der Waals surface area contributed by atoms with E-state index in [1.165, 1.54) is 12.4 Å². The number of aliphatic carboxylic acids is 1. The molecule has 0 saturated heterocycles. The zero-order chi connectivity index (χ0) is 25.7. The van der Waals surface area contributed by atoms with Crippen LogP contribution in [0.15, 0.2) is 79.1 Å². The number of aromatic nitrogens is 2. The summed E-state index contributed by atoms with van der Waals surface area (Å²) in [6, 6.07) is 18.8. The van der Waals surface area contributed by atoms with Gasteiger partial charge in [-0.2, -0.15) is 0 Å². The van der Waals surface area contributed by atoms with Crippen molar-refractivity contribution in [2.45, 2.75) is 12.5 Å². The van der Waals surface area contributed by atoms with Crippen LogP contribution in [0.25, 0.3) is 11.1 Å². The Bertz CT molecular complexity index is 1380. The summed E-state index contributed by atoms with van der Waals surface area (Å²) >= 11 is 18.2. The standard InChI is InChI=1S/C26H19Cl3N4O3/c27-19-13-30-14-20(28)23(19)25(34)31-17-8-6-15(7-9-17)12-21(26(35)36)32-24-18(10-11-22(29)33-24)16-4-2-1-3-5-16/h1-11,13-14,21H,12H2,(H,31,34)(H,32,33)(H,35,36). The number of carboxylic acid groups (broad SMARTS) is 1. The van der Waals surface area contributed by atoms with Crippen molar-refractivity contribution >= 4 is 58.2 Å². The number of amides is 1. The molecule has 0 saturated carbocycles. The lowest BCUT2D eigenvalue weighted by molar-refractivity contribution is -0.137. The zero-order valence-electron chi connectivity index (χ0n) is 18.6. The van der Waals surface area contributed by atoms with Crippen molar-refractivity contribution in [2.24, 2.45) is 0 Å². The first kappa shape index (κ1) is 25.4. The minimum absolute atomic E-state index is 0.121. The van der Waals surface area contributed by atoms with Crippen molar-refractivity contribution in [2.75, 3.05) is 10.6 Å². The number of halogens is 3. The van der Waals surface area contributed by atoms with Crippen molar-refractivity contribution in [1.29, 1.82) is 0 Å². The molecule has 10 heteroatoms. The lowest BCUT2D eigenvalue weighted by atomic mass is 10.0. The van der Waals surface area contributed by atoms with Gasteiger partial charge >= 0.3 is 5.97 Å². The van der Waals surface area contributed by atoms with Crippen LogP contribution in [-0.2, 0) is 11.2 Å². The average Bonchev–Trinajstić information content (AvgIpc) is 2.85. The minimum Gasteiger partial charge on any atom is -0.480 e. The van der Waals surface area contributed by atoms with E-state index in [9.17, 15) is 14.7 Å². The quantitative estimate of drug-likeness (QED) is 0.221. The van der Waals surface area contributed by atoms with Gasteiger partial charge in [-0.05, 0) is 35.4 Å². The number of hydrogen-bond donors (Lipinski definition) is 3. The molecule has 0 aliphatic heterocycles. The van der Waals surface area contributed by atoms with E-state index in [0.29, 0.717) is 11.5 Å². The molecular weight excluding hydrogens is 523 g/mol. The van der Waals surface area contributed by atoms with Gasteiger partial charge in [0.15, 0.2) is 0 Å². The van der Waals surface area contributed by atoms with Crippen LogP contribution in [0.1, 0.15) is 15.9 Å². The van der Waals surface area contributed by atoms with Gasteiger partial charge in [0.1, 0.15) is 17.0 Å². The van der Waals surface area contributed by atoms with Crippen LogP contribution in [0.5, 0.6) is 0 Å². The largest absolute Gasteiger partial charge is 0.480 e. The third-order valence-corrected chi connectivity index (χ3v) is 6.07. The predicted octanol–water partition coefficient (Wildman–Crippen LogP) is 6.46. The van der Waals surface area contributed by atoms with E-state index in [0.717, 1.165) is 16.7 Å². The van der Waals surface area contributed by atoms with E-state index in [1.807, 2.05) is 30.3 Å². The Hall–Kier alpha value is -3.65. The molecule has 0 radical (unpaired) electrons. The van der Waals surface area contributed by atoms with Crippen LogP contribution < -0.4 is 10.6 Å². The van der Waals surface area contributed by atoms with Crippen LogP contribution in [0, 0.1) is 0 Å². The second-order valence-corrected chi connectivity index (χ2v) is 8.97. The number of nitrogens with one attached hydrogen (secondary N) is 2. The van der Waals surface area contributed by atoms with Crippen molar-refractivity contribution in [3.8, 4) is 11.1 Å². The summed E-state index contributed by atoms with van der Waals surface area (Å²) in [4.78, 5) is 32.8. The molecule has 182 valence electrons. The van der Waals surface area contributed by atoms with Crippen LogP contribution in [0.2, 0.25) is 15.2 Å². The fourth-order valence-electron chi connectivity index (χ4n) is 3.54. The molecule has 0 spiro atoms. The van der Waals surface area contributed by atoms with Gasteiger partial charge < -0.3 is 15.7 Å². The van der Waals surface area contributed by atoms with Crippen LogP contribution in [-0.4, -0.2) is 33.0 Å². The highest BCUT2D eigenvalue weighted by Gasteiger charge is 2.21. The summed E-state index contributed by atoms with van der Waals surface area (Å²) in [5, 5.41) is 16.1. The monoisotopic (exact) mass is 540 g/mol. The molecule has 2 aromatic carbocycles. The molecule has 0 aliphatic rings. The normalized spacial score (nSPS) is 11.5. The molecule has 0 fully saturated rings. The summed E-state index contributed by atoms with van der Waals surface area (Å²) in [7, 11) is 0. The molecule has 7 nitrogen and oxygen atoms in total. The number of rotatable bonds is 8. The number of carboxylic acids is 1. The predicted molar refractivity (Wildman–Crippen MR) is 142 cm³/mol. The van der Waals surface area contributed by atoms with E-state index in [-0.39, 0.29) is 27.2 Å². The molecule has 1 amide bonds. The maximum absolute atomic E-state index is 12.6. The zero-order valence-corrected chi connectivity index (χ0v) is 20.8. The topological polar surface area (TPSA) is 104 Å². The number of anilines is 2. The Kier molecular flexibility index (Phi) is 8.05. The lowest BCUT2D eigenvalue weighted by Gasteiger charge is -2.18. The summed E-state index contributed by atoms with van der Waals surface area (Å²) in [5.41, 5.74) is 2.96. The molecular formula is C26H19Cl3N4O3. The summed E-state index contributed by atoms with van der Waals surface area (Å²) in [5.74, 6) is -1.16. The highest BCUT2D eigenvalue weighted by Crippen LogP contribution is 2.29. The fourth-order valence-corrected chi connectivity index (χ4v) is 4.23. The van der Waals surface area contributed by atoms with Gasteiger partial charge in [0, 0.05) is 30.1 Å². The minimum atomic E-state index is -1.05. The van der Waals surface area contributed by atoms with Gasteiger partial charge in [-0.1, -0.05) is 77.3 Å². The van der Waals surface area contributed by atoms with E-state index in [2.05, 4.69) is 20.6 Å². The Labute approximate surface area is 222 Å². The number of hydrogen-bond acceptors (Lipinski definition) is 5. The maximum Gasteiger partial charge on any atom is 0.326 e. The summed E-state index contributed by atoms with van der Waals surface area (Å²) in [6.45, 7) is 0. The first-order chi connectivity index (χ1) is 17.3. The van der Waals surface area contributed by atoms with Gasteiger partial charge in [0.2, 0.25) is 0 Å². The van der Waals surface area contributed by atoms with Gasteiger partial charge in [-0.25, -0.2) is 9.78 Å². The van der Waals surface area contributed by atoms with E-state index < -0.39 is 17.9 Å². The SMILES string of the molecule is O=C(Nc1ccc(CC(Nc2nc(Cl)ccc2-c2ccccc2)C(=O)O)cc1)c1c(Cl)cncc1Cl. The van der Waals surface area contributed by atoms with Crippen molar-refractivity contribution in [3.63, 3.8) is 0 Å². The third kappa shape index (κ3) is 6.12. The molecule has 2 heterocycles. The van der Waals surface area contributed by atoms with Crippen LogP contribution in [0.4, 0.5) is 11.5 Å². The third-order valence-electron chi connectivity index (χ3n) is 5.29. The molecule has 1 atom stereocenters. The van der Waals surface area contributed by atoms with Crippen molar-refractivity contribution in [3.05, 3.63) is 105 Å². The van der Waals surface area contributed by atoms with Gasteiger partial charge in [-0.3, -0.25) is 9.78 Å². The molecule has 2 aromatic heterocycles. The van der Waals surface area contributed by atoms with Gasteiger partial charge in [-0.15, -0.1) is 0 Å². The molecule has 4 rings (SSSR count). The van der Waals surface area contributed by atoms with Gasteiger partial charge in [0.25, 0.3) is 5.91 Å². The van der Waals surface area contributed by atoms with Gasteiger partial charge in [0.05, 0.1) is 15.6 Å². The van der Waals surface area contributed by atoms with Crippen molar-refractivity contribution in [1.82, 2.24) is 9.97 Å². The molecule has 1 unspecified atom stereocenters. The first-order valence-corrected chi connectivity index (χ1v) is 11.9. The van der Waals surface area contributed by atoms with E-state index in [1.54, 1.807) is 36.4 Å². The Balaban J connectivity index is 1.50. The lowest BCUT2D eigenvalue weighted by Crippen LogP contribution is -2.32. The van der Waals surface area contributed by atoms with Crippen LogP contribution in [0.3, 0.4) is 0 Å². The Morgan fingerprint density at radius 3 is 2.19 bits per heavy atom. The second-order valence-electron chi connectivity index (χ2n) is 7.76. The van der Waals surface area contributed by atoms with Crippen molar-refractivity contribution < 1.29 is 14.7 Å². The molecule has 3 N–H and O–H groups in total. The Morgan fingerprint density at radius 1 is 0.889 bits per heavy atom.